The van der Waals surface area contributed by atoms with Crippen LogP contribution >= 0.6 is 0 Å². The summed E-state index contributed by atoms with van der Waals surface area (Å²) in [7, 11) is 2.88. The van der Waals surface area contributed by atoms with E-state index < -0.39 is 17.7 Å². The summed E-state index contributed by atoms with van der Waals surface area (Å²) in [5, 5.41) is 23.0. The fourth-order valence-electron chi connectivity index (χ4n) is 2.82. The van der Waals surface area contributed by atoms with E-state index in [-0.39, 0.29) is 22.8 Å². The minimum Gasteiger partial charge on any atom is -0.507 e. The molecule has 1 heterocycles. The lowest BCUT2D eigenvalue weighted by atomic mass is 9.95. The smallest absolute Gasteiger partial charge is 0.293 e. The number of phenolic OH excluding ortho intramolecular Hbond substituents is 1. The molecule has 134 valence electrons. The van der Waals surface area contributed by atoms with Crippen LogP contribution in [-0.4, -0.2) is 36.1 Å². The van der Waals surface area contributed by atoms with Gasteiger partial charge in [0.15, 0.2) is 11.5 Å². The number of carbonyl (C=O) groups excluding carboxylic acids is 2. The van der Waals surface area contributed by atoms with Gasteiger partial charge >= 0.3 is 0 Å². The molecule has 3 rings (SSSR count). The van der Waals surface area contributed by atoms with Crippen LogP contribution < -0.4 is 14.8 Å². The van der Waals surface area contributed by atoms with Crippen molar-refractivity contribution in [3.8, 4) is 17.2 Å². The van der Waals surface area contributed by atoms with Crippen molar-refractivity contribution in [2.45, 2.75) is 6.04 Å². The molecule has 0 saturated carbocycles. The van der Waals surface area contributed by atoms with Gasteiger partial charge in [-0.1, -0.05) is 18.2 Å². The van der Waals surface area contributed by atoms with Gasteiger partial charge in [0.25, 0.3) is 11.7 Å². The van der Waals surface area contributed by atoms with Crippen molar-refractivity contribution < 1.29 is 29.3 Å². The second-order valence-corrected chi connectivity index (χ2v) is 5.66. The van der Waals surface area contributed by atoms with E-state index in [0.29, 0.717) is 16.9 Å². The average Bonchev–Trinajstić information content (AvgIpc) is 2.96. The Bertz CT molecular complexity index is 918. The highest BCUT2D eigenvalue weighted by atomic mass is 16.5. The molecule has 2 aromatic rings. The molecule has 26 heavy (non-hydrogen) atoms. The first-order valence-corrected chi connectivity index (χ1v) is 7.76. The summed E-state index contributed by atoms with van der Waals surface area (Å²) in [6.07, 6.45) is 0. The quantitative estimate of drug-likeness (QED) is 0.441. The number of amides is 1. The standard InChI is InChI=1S/C19H17NO6/c1-25-12-5-3-4-11(8-12)17(22)15-16(20-19(24)18(15)23)10-6-7-13(21)14(9-10)26-2/h3-9,16,21-22H,1-2H3,(H,20,24)/t16-/m1/s1. The summed E-state index contributed by atoms with van der Waals surface area (Å²) in [4.78, 5) is 24.3. The highest BCUT2D eigenvalue weighted by Crippen LogP contribution is 2.36. The first-order chi connectivity index (χ1) is 12.5. The van der Waals surface area contributed by atoms with E-state index in [1.54, 1.807) is 30.3 Å². The number of Topliss-reactive ketones (excluding diaryl/α,β-unsaturated/α-hetero) is 1. The Hall–Kier alpha value is -3.48. The molecule has 0 radical (unpaired) electrons. The lowest BCUT2D eigenvalue weighted by Crippen LogP contribution is -2.21. The molecule has 0 aliphatic carbocycles. The number of rotatable bonds is 4. The van der Waals surface area contributed by atoms with E-state index in [4.69, 9.17) is 9.47 Å². The number of hydrogen-bond acceptors (Lipinski definition) is 6. The average molecular weight is 355 g/mol. The van der Waals surface area contributed by atoms with Crippen LogP contribution in [0.1, 0.15) is 17.2 Å². The van der Waals surface area contributed by atoms with Gasteiger partial charge in [0.05, 0.1) is 25.8 Å². The second-order valence-electron chi connectivity index (χ2n) is 5.66. The van der Waals surface area contributed by atoms with Gasteiger partial charge in [-0.3, -0.25) is 9.59 Å². The fourth-order valence-corrected chi connectivity index (χ4v) is 2.82. The molecule has 1 amide bonds. The van der Waals surface area contributed by atoms with Crippen LogP contribution in [0, 0.1) is 0 Å². The molecule has 3 N–H and O–H groups in total. The number of ketones is 1. The van der Waals surface area contributed by atoms with E-state index in [1.165, 1.54) is 26.4 Å². The fraction of sp³-hybridized carbons (Fsp3) is 0.158. The number of aliphatic hydroxyl groups is 1. The van der Waals surface area contributed by atoms with Gasteiger partial charge in [-0.2, -0.15) is 0 Å². The van der Waals surface area contributed by atoms with E-state index >= 15 is 0 Å². The lowest BCUT2D eigenvalue weighted by Gasteiger charge is -2.15. The summed E-state index contributed by atoms with van der Waals surface area (Å²) in [5.41, 5.74) is 0.763. The summed E-state index contributed by atoms with van der Waals surface area (Å²) in [6, 6.07) is 10.1. The largest absolute Gasteiger partial charge is 0.507 e. The Labute approximate surface area is 149 Å². The highest BCUT2D eigenvalue weighted by molar-refractivity contribution is 6.46. The van der Waals surface area contributed by atoms with Gasteiger partial charge in [0.1, 0.15) is 11.5 Å². The molecule has 7 nitrogen and oxygen atoms in total. The maximum atomic E-state index is 12.3. The van der Waals surface area contributed by atoms with Crippen molar-refractivity contribution in [2.24, 2.45) is 0 Å². The van der Waals surface area contributed by atoms with Gasteiger partial charge in [0, 0.05) is 5.56 Å². The Balaban J connectivity index is 2.13. The predicted molar refractivity (Wildman–Crippen MR) is 93.1 cm³/mol. The summed E-state index contributed by atoms with van der Waals surface area (Å²) < 4.78 is 10.2. The molecular formula is C19H17NO6. The van der Waals surface area contributed by atoms with Gasteiger partial charge in [-0.15, -0.1) is 0 Å². The van der Waals surface area contributed by atoms with Crippen LogP contribution in [0.3, 0.4) is 0 Å². The Morgan fingerprint density at radius 2 is 1.85 bits per heavy atom. The van der Waals surface area contributed by atoms with Crippen molar-refractivity contribution >= 4 is 17.4 Å². The Morgan fingerprint density at radius 3 is 2.54 bits per heavy atom. The maximum absolute atomic E-state index is 12.3. The van der Waals surface area contributed by atoms with E-state index in [1.807, 2.05) is 0 Å². The number of benzene rings is 2. The molecule has 1 atom stereocenters. The second kappa shape index (κ2) is 6.79. The van der Waals surface area contributed by atoms with Crippen LogP contribution in [0.5, 0.6) is 17.2 Å². The van der Waals surface area contributed by atoms with E-state index in [2.05, 4.69) is 5.32 Å². The molecule has 1 aliphatic heterocycles. The molecule has 0 bridgehead atoms. The topological polar surface area (TPSA) is 105 Å². The monoisotopic (exact) mass is 355 g/mol. The molecule has 1 fully saturated rings. The molecule has 1 saturated heterocycles. The number of hydrogen-bond donors (Lipinski definition) is 3. The third-order valence-corrected chi connectivity index (χ3v) is 4.15. The van der Waals surface area contributed by atoms with Crippen molar-refractivity contribution in [3.05, 3.63) is 59.2 Å². The number of ether oxygens (including phenoxy) is 2. The van der Waals surface area contributed by atoms with E-state index in [0.717, 1.165) is 0 Å². The summed E-state index contributed by atoms with van der Waals surface area (Å²) in [6.45, 7) is 0. The molecule has 0 unspecified atom stereocenters. The van der Waals surface area contributed by atoms with Gasteiger partial charge in [-0.25, -0.2) is 0 Å². The van der Waals surface area contributed by atoms with Gasteiger partial charge < -0.3 is 25.0 Å². The predicted octanol–water partition coefficient (Wildman–Crippen LogP) is 2.12. The molecule has 7 heteroatoms. The number of methoxy groups -OCH3 is 2. The van der Waals surface area contributed by atoms with Gasteiger partial charge in [0.2, 0.25) is 0 Å². The minimum absolute atomic E-state index is 0.0732. The zero-order chi connectivity index (χ0) is 18.8. The van der Waals surface area contributed by atoms with Crippen molar-refractivity contribution in [2.75, 3.05) is 14.2 Å². The Kier molecular flexibility index (Phi) is 4.53. The van der Waals surface area contributed by atoms with Gasteiger partial charge in [-0.05, 0) is 29.8 Å². The summed E-state index contributed by atoms with van der Waals surface area (Å²) in [5.74, 6) is -1.33. The van der Waals surface area contributed by atoms with Crippen LogP contribution in [0.4, 0.5) is 0 Å². The van der Waals surface area contributed by atoms with Crippen LogP contribution in [0.2, 0.25) is 0 Å². The maximum Gasteiger partial charge on any atom is 0.293 e. The lowest BCUT2D eigenvalue weighted by molar-refractivity contribution is -0.133. The zero-order valence-corrected chi connectivity index (χ0v) is 14.1. The van der Waals surface area contributed by atoms with Crippen molar-refractivity contribution in [3.63, 3.8) is 0 Å². The zero-order valence-electron chi connectivity index (χ0n) is 14.1. The molecular weight excluding hydrogens is 338 g/mol. The van der Waals surface area contributed by atoms with Crippen molar-refractivity contribution in [1.29, 1.82) is 0 Å². The number of aliphatic hydroxyl groups excluding tert-OH is 1. The van der Waals surface area contributed by atoms with Crippen LogP contribution in [-0.2, 0) is 9.59 Å². The SMILES string of the molecule is COc1cccc(C(O)=C2C(=O)C(=O)N[C@@H]2c2ccc(O)c(OC)c2)c1. The number of nitrogens with one attached hydrogen (secondary N) is 1. The number of phenols is 1. The Morgan fingerprint density at radius 1 is 1.08 bits per heavy atom. The van der Waals surface area contributed by atoms with Crippen LogP contribution in [0.25, 0.3) is 5.76 Å². The molecule has 0 aromatic heterocycles. The summed E-state index contributed by atoms with van der Waals surface area (Å²) >= 11 is 0. The van der Waals surface area contributed by atoms with Crippen molar-refractivity contribution in [1.82, 2.24) is 5.32 Å². The minimum atomic E-state index is -0.865. The number of carbonyl (C=O) groups is 2. The molecule has 1 aliphatic rings. The highest BCUT2D eigenvalue weighted by Gasteiger charge is 2.39. The van der Waals surface area contributed by atoms with Crippen LogP contribution in [0.15, 0.2) is 48.0 Å². The third kappa shape index (κ3) is 2.95. The molecule has 0 spiro atoms. The third-order valence-electron chi connectivity index (χ3n) is 4.15. The number of aromatic hydroxyl groups is 1. The normalized spacial score (nSPS) is 18.5. The molecule has 2 aromatic carbocycles. The first kappa shape index (κ1) is 17.3. The first-order valence-electron chi connectivity index (χ1n) is 7.76. The van der Waals surface area contributed by atoms with E-state index in [9.17, 15) is 19.8 Å².